The lowest BCUT2D eigenvalue weighted by molar-refractivity contribution is -0.143. The minimum atomic E-state index is -1.84. The molecule has 0 bridgehead atoms. The first kappa shape index (κ1) is 116. The number of nitrogens with one attached hydrogen (secondary N) is 16. The fraction of sp³-hybridized carbons (Fsp3) is 0.690. The number of H-pyrrole nitrogens is 1. The second-order valence-corrected chi connectivity index (χ2v) is 35.3. The first-order chi connectivity index (χ1) is 62.8. The van der Waals surface area contributed by atoms with Crippen molar-refractivity contribution in [3.63, 3.8) is 0 Å². The van der Waals surface area contributed by atoms with Gasteiger partial charge in [-0.25, -0.2) is 0 Å². The van der Waals surface area contributed by atoms with Gasteiger partial charge < -0.3 is 139 Å². The van der Waals surface area contributed by atoms with E-state index in [9.17, 15) is 96.8 Å². The third-order valence-corrected chi connectivity index (χ3v) is 22.9. The van der Waals surface area contributed by atoms with E-state index in [1.54, 1.807) is 99.7 Å². The van der Waals surface area contributed by atoms with Crippen molar-refractivity contribution in [2.75, 3.05) is 51.6 Å². The summed E-state index contributed by atoms with van der Waals surface area (Å²) in [6.07, 6.45) is 1.03. The molecule has 45 nitrogen and oxygen atoms in total. The molecule has 2 heterocycles. The van der Waals surface area contributed by atoms with Crippen molar-refractivity contribution in [3.8, 4) is 0 Å². The molecule has 748 valence electrons. The quantitative estimate of drug-likeness (QED) is 0.0221. The molecule has 0 unspecified atom stereocenters. The van der Waals surface area contributed by atoms with Crippen LogP contribution >= 0.6 is 12.6 Å². The lowest BCUT2D eigenvalue weighted by atomic mass is 9.96. The predicted molar refractivity (Wildman–Crippen MR) is 493 cm³/mol. The number of benzene rings is 1. The summed E-state index contributed by atoms with van der Waals surface area (Å²) in [5.74, 6) is -22.2. The lowest BCUT2D eigenvalue weighted by Gasteiger charge is -2.32. The van der Waals surface area contributed by atoms with Crippen molar-refractivity contribution in [1.29, 1.82) is 0 Å². The molecule has 1 aliphatic rings. The van der Waals surface area contributed by atoms with Crippen LogP contribution in [0.3, 0.4) is 0 Å². The Labute approximate surface area is 780 Å². The zero-order valence-electron chi connectivity index (χ0n) is 78.1. The third-order valence-electron chi connectivity index (χ3n) is 22.5. The molecule has 133 heavy (non-hydrogen) atoms. The molecule has 1 aromatic carbocycles. The molecule has 0 saturated carbocycles. The van der Waals surface area contributed by atoms with Crippen LogP contribution in [-0.2, 0) is 97.5 Å². The fourth-order valence-electron chi connectivity index (χ4n) is 14.7. The zero-order chi connectivity index (χ0) is 100. The molecule has 1 aromatic heterocycles. The normalized spacial score (nSPS) is 16.2. The van der Waals surface area contributed by atoms with Gasteiger partial charge in [0.25, 0.3) is 0 Å². The van der Waals surface area contributed by atoms with Gasteiger partial charge in [-0.15, -0.1) is 0 Å². The number of unbranched alkanes of at least 4 members (excludes halogenated alkanes) is 4. The number of hydrogen-bond donors (Lipinski definition) is 26. The highest BCUT2D eigenvalue weighted by molar-refractivity contribution is 7.80. The number of aliphatic hydroxyl groups is 1. The molecule has 0 aliphatic carbocycles. The Hall–Kier alpha value is -11.2. The van der Waals surface area contributed by atoms with Crippen molar-refractivity contribution in [1.82, 2.24) is 89.6 Å². The minimum Gasteiger partial charge on any atom is -0.481 e. The summed E-state index contributed by atoms with van der Waals surface area (Å²) in [5, 5.41) is 78.6. The van der Waals surface area contributed by atoms with E-state index in [0.29, 0.717) is 61.4 Å². The van der Waals surface area contributed by atoms with E-state index < -0.39 is 265 Å². The van der Waals surface area contributed by atoms with Gasteiger partial charge >= 0.3 is 17.9 Å². The Morgan fingerprint density at radius 3 is 1.29 bits per heavy atom. The maximum Gasteiger partial charge on any atom is 0.322 e. The highest BCUT2D eigenvalue weighted by atomic mass is 32.1. The van der Waals surface area contributed by atoms with Gasteiger partial charge in [-0.3, -0.25) is 91.1 Å². The number of nitrogens with zero attached hydrogens (tertiary/aromatic N) is 1. The summed E-state index contributed by atoms with van der Waals surface area (Å²) < 4.78 is 0. The Bertz CT molecular complexity index is 4210. The number of aromatic amines is 1. The van der Waals surface area contributed by atoms with E-state index in [-0.39, 0.29) is 109 Å². The number of thiol groups is 1. The van der Waals surface area contributed by atoms with Gasteiger partial charge in [0.05, 0.1) is 19.1 Å². The Morgan fingerprint density at radius 1 is 0.436 bits per heavy atom. The maximum absolute atomic E-state index is 15.1. The second-order valence-electron chi connectivity index (χ2n) is 34.9. The van der Waals surface area contributed by atoms with Crippen LogP contribution in [0.15, 0.2) is 30.5 Å². The molecule has 0 spiro atoms. The number of aromatic nitrogens is 1. The highest BCUT2D eigenvalue weighted by Crippen LogP contribution is 2.24. The lowest BCUT2D eigenvalue weighted by Crippen LogP contribution is -2.63. The summed E-state index contributed by atoms with van der Waals surface area (Å²) >= 11 is 4.29. The third kappa shape index (κ3) is 39.9. The number of carboxylic acid groups (broad SMARTS) is 3. The topological polar surface area (TPSA) is 735 Å². The number of nitrogens with two attached hydrogens (primary N) is 5. The smallest absolute Gasteiger partial charge is 0.322 e. The molecule has 2 aromatic rings. The van der Waals surface area contributed by atoms with Gasteiger partial charge in [0.15, 0.2) is 0 Å². The molecule has 16 amide bonds. The summed E-state index contributed by atoms with van der Waals surface area (Å²) in [7, 11) is 0. The Balaban J connectivity index is 1.96. The average Bonchev–Trinajstić information content (AvgIpc) is 1.75. The number of amides is 16. The van der Waals surface area contributed by atoms with Gasteiger partial charge in [-0.1, -0.05) is 93.9 Å². The van der Waals surface area contributed by atoms with Crippen LogP contribution in [0.5, 0.6) is 0 Å². The number of hydrogen-bond acceptors (Lipinski definition) is 26. The van der Waals surface area contributed by atoms with Crippen LogP contribution in [0.1, 0.15) is 204 Å². The van der Waals surface area contributed by atoms with Crippen LogP contribution in [0, 0.1) is 29.6 Å². The number of carbonyl (C=O) groups is 19. The van der Waals surface area contributed by atoms with Gasteiger partial charge in [-0.2, -0.15) is 12.6 Å². The summed E-state index contributed by atoms with van der Waals surface area (Å²) in [5.41, 5.74) is 29.7. The standard InChI is InChI=1S/C87H146N22O23S/c1-12-49(10)71(107-76(121)56(28-17-21-35-90)98-80(125)62(44-133)103-75(120)55(27-16-20-34-89)97-78(123)61(40-66(114)115)95-64(111)41-92)85(130)108-72(50(11)110)86(131)106-69(47(6)7)83(128)102-60(39-51-42-93-53-25-14-13-24-52(51)53)79(124)104-70(48(8)9)84(129)105-68(46(4)5)82(127)100-58(29-18-22-36-91)87(132)109-37-23-30-63(109)81(126)101-59(38-45(2)3)77(122)96-54(26-15-19-33-88)74(119)99-57(31-32-65(112)113)73(118)94-43-67(116)117/h13-14,24-25,42,45-50,54-63,68-72,93,110,133H,12,15-23,26-41,43-44,88-92H2,1-11H3,(H,94,118)(H,95,111)(H,96,122)(H,97,123)(H,98,125)(H,99,119)(H,100,127)(H,101,126)(H,102,128)(H,103,120)(H,104,124)(H,105,129)(H,106,131)(H,107,121)(H,108,130)(H,112,113)(H,114,115)(H,116,117)/t49-,50+,54-,55-,56-,57-,58-,59-,60-,61-,62-,63-,68-,69-,70-,71-,72-/m0/s1. The van der Waals surface area contributed by atoms with E-state index in [0.717, 1.165) is 0 Å². The number of carboxylic acids is 3. The van der Waals surface area contributed by atoms with E-state index in [1.807, 2.05) is 0 Å². The van der Waals surface area contributed by atoms with Crippen molar-refractivity contribution in [3.05, 3.63) is 36.0 Å². The van der Waals surface area contributed by atoms with E-state index in [2.05, 4.69) is 97.4 Å². The summed E-state index contributed by atoms with van der Waals surface area (Å²) in [6.45, 7) is 17.1. The Kier molecular flexibility index (Phi) is 52.4. The van der Waals surface area contributed by atoms with Crippen LogP contribution in [0.4, 0.5) is 0 Å². The average molecular weight is 1900 g/mol. The fourth-order valence-corrected chi connectivity index (χ4v) is 15.0. The number of aliphatic carboxylic acids is 3. The molecule has 30 N–H and O–H groups in total. The van der Waals surface area contributed by atoms with E-state index in [4.69, 9.17) is 33.8 Å². The number of rotatable bonds is 64. The maximum atomic E-state index is 15.1. The highest BCUT2D eigenvalue weighted by Gasteiger charge is 2.44. The first-order valence-corrected chi connectivity index (χ1v) is 46.3. The van der Waals surface area contributed by atoms with Crippen molar-refractivity contribution in [2.45, 2.75) is 301 Å². The number of fused-ring (bicyclic) bond motifs is 1. The molecule has 1 aliphatic heterocycles. The molecule has 0 radical (unpaired) electrons. The molecular formula is C87H146N22O23S. The minimum absolute atomic E-state index is 0.0109. The number of para-hydroxylation sites is 1. The zero-order valence-corrected chi connectivity index (χ0v) is 79.0. The number of likely N-dealkylation sites (tertiary alicyclic amines) is 1. The van der Waals surface area contributed by atoms with Gasteiger partial charge in [0.2, 0.25) is 94.5 Å². The van der Waals surface area contributed by atoms with Crippen molar-refractivity contribution < 1.29 is 112 Å². The summed E-state index contributed by atoms with van der Waals surface area (Å²) in [4.78, 5) is 267. The van der Waals surface area contributed by atoms with Gasteiger partial charge in [-0.05, 0) is 177 Å². The molecule has 3 rings (SSSR count). The van der Waals surface area contributed by atoms with E-state index >= 15 is 9.59 Å². The Morgan fingerprint density at radius 2 is 0.835 bits per heavy atom. The second kappa shape index (κ2) is 60.1. The van der Waals surface area contributed by atoms with Gasteiger partial charge in [0, 0.05) is 42.2 Å². The SMILES string of the molecule is CC[C@H](C)[C@H](NC(=O)[C@H](CCCCN)NC(=O)[C@H](CS)NC(=O)[C@H](CCCCN)NC(=O)[C@H](CC(=O)O)NC(=O)CN)C(=O)N[C@H](C(=O)N[C@H](C(=O)N[C@@H](Cc1c[nH]c2ccccc12)C(=O)N[C@H](C(=O)N[C@H](C(=O)N[C@@H](CCCCN)C(=O)N1CCC[C@H]1C(=O)N[C@@H](CC(C)C)C(=O)N[C@@H](CCCCN)C(=O)N[C@@H](CCC(=O)O)C(=O)NCC(=O)O)C(C)C)C(C)C)C(C)C)[C@@H](C)O. The number of aliphatic hydroxyl groups excluding tert-OH is 1. The van der Waals surface area contributed by atoms with Crippen molar-refractivity contribution in [2.24, 2.45) is 58.3 Å². The largest absolute Gasteiger partial charge is 0.481 e. The molecule has 1 fully saturated rings. The number of carbonyl (C=O) groups excluding carboxylic acids is 16. The van der Waals surface area contributed by atoms with Crippen LogP contribution in [0.25, 0.3) is 10.9 Å². The summed E-state index contributed by atoms with van der Waals surface area (Å²) in [6, 6.07) is -14.8. The van der Waals surface area contributed by atoms with Crippen molar-refractivity contribution >= 4 is 136 Å². The van der Waals surface area contributed by atoms with Gasteiger partial charge in [0.1, 0.15) is 97.2 Å². The van der Waals surface area contributed by atoms with E-state index in [1.165, 1.54) is 11.8 Å². The monoisotopic (exact) mass is 1900 g/mol. The molecular weight excluding hydrogens is 1750 g/mol. The van der Waals surface area contributed by atoms with Crippen LogP contribution in [0.2, 0.25) is 0 Å². The molecule has 17 atom stereocenters. The van der Waals surface area contributed by atoms with Crippen LogP contribution < -0.4 is 108 Å². The molecule has 46 heteroatoms. The van der Waals surface area contributed by atoms with Crippen LogP contribution in [-0.4, -0.2) is 291 Å². The predicted octanol–water partition coefficient (Wildman–Crippen LogP) is -4.13. The molecule has 1 saturated heterocycles. The first-order valence-electron chi connectivity index (χ1n) is 45.7.